The molecule has 3 N–H and O–H groups in total. The summed E-state index contributed by atoms with van der Waals surface area (Å²) in [7, 11) is 2.62. The first-order chi connectivity index (χ1) is 9.47. The van der Waals surface area contributed by atoms with Crippen LogP contribution in [0.25, 0.3) is 0 Å². The fourth-order valence-electron chi connectivity index (χ4n) is 1.72. The highest BCUT2D eigenvalue weighted by molar-refractivity contribution is 5.80. The van der Waals surface area contributed by atoms with Crippen molar-refractivity contribution in [3.8, 4) is 0 Å². The topological polar surface area (TPSA) is 90.6 Å². The minimum atomic E-state index is -0.609. The molecule has 6 nitrogen and oxygen atoms in total. The quantitative estimate of drug-likeness (QED) is 0.606. The lowest BCUT2D eigenvalue weighted by molar-refractivity contribution is -0.143. The van der Waals surface area contributed by atoms with Crippen LogP contribution in [0.5, 0.6) is 0 Å². The first-order valence-corrected chi connectivity index (χ1v) is 6.25. The molecule has 1 unspecified atom stereocenters. The Labute approximate surface area is 118 Å². The molecule has 0 heterocycles. The van der Waals surface area contributed by atoms with Gasteiger partial charge in [-0.05, 0) is 37.1 Å². The number of carbonyl (C=O) groups is 2. The maximum atomic E-state index is 11.7. The number of benzene rings is 1. The summed E-state index contributed by atoms with van der Waals surface area (Å²) in [6, 6.07) is 4.76. The van der Waals surface area contributed by atoms with Crippen LogP contribution in [-0.4, -0.2) is 32.2 Å². The van der Waals surface area contributed by atoms with E-state index in [0.29, 0.717) is 12.1 Å². The molecule has 0 aliphatic rings. The number of rotatable bonds is 6. The van der Waals surface area contributed by atoms with Gasteiger partial charge in [0.2, 0.25) is 0 Å². The first kappa shape index (κ1) is 15.8. The third kappa shape index (κ3) is 4.46. The molecule has 0 spiro atoms. The number of aryl methyl sites for hydroxylation is 1. The third-order valence-electron chi connectivity index (χ3n) is 2.96. The standard InChI is InChI=1S/C14H20N2O4/c1-9-8-10(4-5-11(9)15)16-12(14(18)20-3)6-7-13(17)19-2/h4-5,8,12,16H,6-7,15H2,1-3H3. The number of hydrogen-bond donors (Lipinski definition) is 2. The molecule has 0 saturated carbocycles. The van der Waals surface area contributed by atoms with Crippen molar-refractivity contribution in [2.45, 2.75) is 25.8 Å². The lowest BCUT2D eigenvalue weighted by Gasteiger charge is -2.17. The number of carbonyl (C=O) groups excluding carboxylic acids is 2. The van der Waals surface area contributed by atoms with Gasteiger partial charge in [-0.1, -0.05) is 0 Å². The van der Waals surface area contributed by atoms with Crippen molar-refractivity contribution in [3.63, 3.8) is 0 Å². The molecule has 1 aromatic carbocycles. The summed E-state index contributed by atoms with van der Waals surface area (Å²) in [6.07, 6.45) is 0.431. The summed E-state index contributed by atoms with van der Waals surface area (Å²) >= 11 is 0. The third-order valence-corrected chi connectivity index (χ3v) is 2.96. The summed E-state index contributed by atoms with van der Waals surface area (Å²) in [5.41, 5.74) is 8.08. The number of nitrogen functional groups attached to an aromatic ring is 1. The average Bonchev–Trinajstić information content (AvgIpc) is 2.45. The first-order valence-electron chi connectivity index (χ1n) is 6.25. The SMILES string of the molecule is COC(=O)CCC(Nc1ccc(N)c(C)c1)C(=O)OC. The second-order valence-corrected chi connectivity index (χ2v) is 4.41. The van der Waals surface area contributed by atoms with Crippen LogP contribution in [0, 0.1) is 6.92 Å². The highest BCUT2D eigenvalue weighted by Crippen LogP contribution is 2.18. The van der Waals surface area contributed by atoms with Crippen LogP contribution in [0.1, 0.15) is 18.4 Å². The van der Waals surface area contributed by atoms with Crippen LogP contribution in [-0.2, 0) is 19.1 Å². The molecule has 0 saturated heterocycles. The van der Waals surface area contributed by atoms with E-state index in [4.69, 9.17) is 10.5 Å². The van der Waals surface area contributed by atoms with Gasteiger partial charge in [-0.2, -0.15) is 0 Å². The van der Waals surface area contributed by atoms with Crippen LogP contribution in [0.2, 0.25) is 0 Å². The number of nitrogens with two attached hydrogens (primary N) is 1. The van der Waals surface area contributed by atoms with Crippen molar-refractivity contribution in [2.75, 3.05) is 25.3 Å². The Morgan fingerprint density at radius 1 is 1.30 bits per heavy atom. The van der Waals surface area contributed by atoms with Gasteiger partial charge < -0.3 is 20.5 Å². The van der Waals surface area contributed by atoms with Gasteiger partial charge >= 0.3 is 11.9 Å². The minimum Gasteiger partial charge on any atom is -0.469 e. The minimum absolute atomic E-state index is 0.136. The maximum Gasteiger partial charge on any atom is 0.328 e. The molecule has 1 rings (SSSR count). The number of nitrogens with one attached hydrogen (secondary N) is 1. The highest BCUT2D eigenvalue weighted by atomic mass is 16.5. The molecule has 6 heteroatoms. The Kier molecular flexibility index (Phi) is 5.83. The van der Waals surface area contributed by atoms with Gasteiger partial charge in [-0.3, -0.25) is 4.79 Å². The Hall–Kier alpha value is -2.24. The van der Waals surface area contributed by atoms with Gasteiger partial charge in [0, 0.05) is 17.8 Å². The van der Waals surface area contributed by atoms with Crippen molar-refractivity contribution < 1.29 is 19.1 Å². The predicted octanol–water partition coefficient (Wildman–Crippen LogP) is 1.48. The van der Waals surface area contributed by atoms with Crippen molar-refractivity contribution >= 4 is 23.3 Å². The molecule has 0 amide bonds. The zero-order chi connectivity index (χ0) is 15.1. The van der Waals surface area contributed by atoms with Gasteiger partial charge in [-0.15, -0.1) is 0 Å². The largest absolute Gasteiger partial charge is 0.469 e. The molecule has 0 radical (unpaired) electrons. The lowest BCUT2D eigenvalue weighted by atomic mass is 10.1. The summed E-state index contributed by atoms with van der Waals surface area (Å²) in [5, 5.41) is 3.04. The summed E-state index contributed by atoms with van der Waals surface area (Å²) in [5.74, 6) is -0.794. The zero-order valence-electron chi connectivity index (χ0n) is 11.9. The van der Waals surface area contributed by atoms with E-state index in [-0.39, 0.29) is 12.4 Å². The van der Waals surface area contributed by atoms with Crippen LogP contribution in [0.15, 0.2) is 18.2 Å². The van der Waals surface area contributed by atoms with Crippen LogP contribution in [0.3, 0.4) is 0 Å². The number of methoxy groups -OCH3 is 2. The predicted molar refractivity (Wildman–Crippen MR) is 76.3 cm³/mol. The Balaban J connectivity index is 2.75. The molecule has 0 aliphatic carbocycles. The monoisotopic (exact) mass is 280 g/mol. The summed E-state index contributed by atoms with van der Waals surface area (Å²) in [6.45, 7) is 1.88. The van der Waals surface area contributed by atoms with E-state index >= 15 is 0 Å². The fourth-order valence-corrected chi connectivity index (χ4v) is 1.72. The van der Waals surface area contributed by atoms with E-state index in [2.05, 4.69) is 10.1 Å². The smallest absolute Gasteiger partial charge is 0.328 e. The van der Waals surface area contributed by atoms with Crippen molar-refractivity contribution in [1.29, 1.82) is 0 Å². The molecule has 0 aromatic heterocycles. The van der Waals surface area contributed by atoms with Crippen molar-refractivity contribution in [3.05, 3.63) is 23.8 Å². The number of ether oxygens (including phenoxy) is 2. The van der Waals surface area contributed by atoms with E-state index in [0.717, 1.165) is 11.3 Å². The number of esters is 2. The Bertz CT molecular complexity index is 488. The van der Waals surface area contributed by atoms with Gasteiger partial charge in [0.1, 0.15) is 6.04 Å². The van der Waals surface area contributed by atoms with E-state index in [1.807, 2.05) is 13.0 Å². The molecular formula is C14H20N2O4. The molecule has 20 heavy (non-hydrogen) atoms. The van der Waals surface area contributed by atoms with Crippen LogP contribution < -0.4 is 11.1 Å². The van der Waals surface area contributed by atoms with Gasteiger partial charge in [0.25, 0.3) is 0 Å². The van der Waals surface area contributed by atoms with Gasteiger partial charge in [-0.25, -0.2) is 4.79 Å². The maximum absolute atomic E-state index is 11.7. The highest BCUT2D eigenvalue weighted by Gasteiger charge is 2.20. The molecule has 0 bridgehead atoms. The molecule has 1 atom stereocenters. The summed E-state index contributed by atoms with van der Waals surface area (Å²) in [4.78, 5) is 22.9. The molecule has 0 fully saturated rings. The van der Waals surface area contributed by atoms with Gasteiger partial charge in [0.15, 0.2) is 0 Å². The zero-order valence-corrected chi connectivity index (χ0v) is 11.9. The van der Waals surface area contributed by atoms with Crippen LogP contribution >= 0.6 is 0 Å². The van der Waals surface area contributed by atoms with E-state index in [1.54, 1.807) is 12.1 Å². The average molecular weight is 280 g/mol. The van der Waals surface area contributed by atoms with Crippen molar-refractivity contribution in [1.82, 2.24) is 0 Å². The Morgan fingerprint density at radius 3 is 2.55 bits per heavy atom. The lowest BCUT2D eigenvalue weighted by Crippen LogP contribution is -2.31. The fraction of sp³-hybridized carbons (Fsp3) is 0.429. The molecule has 110 valence electrons. The van der Waals surface area contributed by atoms with Gasteiger partial charge in [0.05, 0.1) is 14.2 Å². The van der Waals surface area contributed by atoms with Crippen molar-refractivity contribution in [2.24, 2.45) is 0 Å². The Morgan fingerprint density at radius 2 is 2.00 bits per heavy atom. The van der Waals surface area contributed by atoms with Crippen LogP contribution in [0.4, 0.5) is 11.4 Å². The normalized spacial score (nSPS) is 11.6. The van der Waals surface area contributed by atoms with E-state index < -0.39 is 12.0 Å². The molecule has 1 aromatic rings. The number of anilines is 2. The summed E-state index contributed by atoms with van der Waals surface area (Å²) < 4.78 is 9.29. The molecule has 0 aliphatic heterocycles. The second-order valence-electron chi connectivity index (χ2n) is 4.41. The second kappa shape index (κ2) is 7.37. The number of hydrogen-bond acceptors (Lipinski definition) is 6. The molecular weight excluding hydrogens is 260 g/mol. The van der Waals surface area contributed by atoms with E-state index in [1.165, 1.54) is 14.2 Å². The van der Waals surface area contributed by atoms with E-state index in [9.17, 15) is 9.59 Å².